The Morgan fingerprint density at radius 3 is 3.04 bits per heavy atom. The van der Waals surface area contributed by atoms with Crippen LogP contribution in [0.1, 0.15) is 5.76 Å². The number of rotatable bonds is 7. The molecular weight excluding hydrogens is 386 g/mol. The molecule has 9 heteroatoms. The molecule has 28 heavy (non-hydrogen) atoms. The van der Waals surface area contributed by atoms with Crippen LogP contribution in [0.3, 0.4) is 0 Å². The monoisotopic (exact) mass is 405 g/mol. The highest BCUT2D eigenvalue weighted by Crippen LogP contribution is 2.13. The van der Waals surface area contributed by atoms with Crippen molar-refractivity contribution < 1.29 is 23.5 Å². The Kier molecular flexibility index (Phi) is 7.05. The van der Waals surface area contributed by atoms with E-state index >= 15 is 0 Å². The Morgan fingerprint density at radius 1 is 1.39 bits per heavy atom. The first kappa shape index (κ1) is 19.9. The van der Waals surface area contributed by atoms with Crippen LogP contribution in [0, 0.1) is 0 Å². The van der Waals surface area contributed by atoms with Crippen LogP contribution in [0.4, 0.5) is 0 Å². The summed E-state index contributed by atoms with van der Waals surface area (Å²) in [6.45, 7) is 1.42. The summed E-state index contributed by atoms with van der Waals surface area (Å²) in [6.07, 6.45) is 5.60. The number of aromatic nitrogens is 1. The van der Waals surface area contributed by atoms with Gasteiger partial charge >= 0.3 is 0 Å². The van der Waals surface area contributed by atoms with Gasteiger partial charge in [-0.3, -0.25) is 9.59 Å². The van der Waals surface area contributed by atoms with Gasteiger partial charge in [-0.25, -0.2) is 4.98 Å². The van der Waals surface area contributed by atoms with Gasteiger partial charge in [0.1, 0.15) is 18.5 Å². The molecule has 1 fully saturated rings. The number of carbonyl (C=O) groups is 2. The Morgan fingerprint density at radius 2 is 2.29 bits per heavy atom. The second-order valence-electron chi connectivity index (χ2n) is 6.02. The Labute approximate surface area is 167 Å². The molecule has 2 amide bonds. The topological polar surface area (TPSA) is 93.9 Å². The maximum atomic E-state index is 12.3. The molecule has 1 unspecified atom stereocenters. The lowest BCUT2D eigenvalue weighted by atomic mass is 10.2. The first-order chi connectivity index (χ1) is 13.6. The smallest absolute Gasteiger partial charge is 0.244 e. The molecule has 0 radical (unpaired) electrons. The highest BCUT2D eigenvalue weighted by Gasteiger charge is 2.24. The van der Waals surface area contributed by atoms with Crippen molar-refractivity contribution >= 4 is 29.5 Å². The van der Waals surface area contributed by atoms with Crippen molar-refractivity contribution in [3.8, 4) is 5.88 Å². The first-order valence-electron chi connectivity index (χ1n) is 8.73. The second kappa shape index (κ2) is 9.91. The predicted molar refractivity (Wildman–Crippen MR) is 102 cm³/mol. The third kappa shape index (κ3) is 6.11. The van der Waals surface area contributed by atoms with E-state index in [1.807, 2.05) is 0 Å². The maximum absolute atomic E-state index is 12.3. The number of carbonyl (C=O) groups excluding carboxylic acids is 2. The fraction of sp³-hybridized carbons (Fsp3) is 0.316. The highest BCUT2D eigenvalue weighted by molar-refractivity contribution is 6.30. The molecule has 0 spiro atoms. The van der Waals surface area contributed by atoms with Gasteiger partial charge in [0.25, 0.3) is 0 Å². The summed E-state index contributed by atoms with van der Waals surface area (Å²) in [4.78, 5) is 29.8. The molecule has 1 atom stereocenters. The van der Waals surface area contributed by atoms with Crippen molar-refractivity contribution in [3.05, 3.63) is 53.6 Å². The number of furan rings is 1. The van der Waals surface area contributed by atoms with E-state index in [1.54, 1.807) is 29.2 Å². The zero-order valence-electron chi connectivity index (χ0n) is 15.0. The van der Waals surface area contributed by atoms with E-state index in [4.69, 9.17) is 25.5 Å². The summed E-state index contributed by atoms with van der Waals surface area (Å²) in [7, 11) is 0. The number of amides is 2. The van der Waals surface area contributed by atoms with Crippen molar-refractivity contribution in [2.75, 3.05) is 32.8 Å². The molecular formula is C19H20ClN3O5. The number of ether oxygens (including phenoxy) is 2. The average molecular weight is 406 g/mol. The van der Waals surface area contributed by atoms with Gasteiger partial charge in [-0.15, -0.1) is 0 Å². The summed E-state index contributed by atoms with van der Waals surface area (Å²) < 4.78 is 16.3. The standard InChI is InChI=1S/C19H20ClN3O5/c20-14-3-6-18(22-10-14)28-13-16-12-23(7-9-27-16)19(25)11-21-17(24)5-4-15-2-1-8-26-15/h1-6,8,10,16H,7,9,11-13H2,(H,21,24). The number of nitrogens with one attached hydrogen (secondary N) is 1. The fourth-order valence-electron chi connectivity index (χ4n) is 2.55. The molecule has 0 aliphatic carbocycles. The van der Waals surface area contributed by atoms with E-state index in [9.17, 15) is 9.59 Å². The van der Waals surface area contributed by atoms with E-state index < -0.39 is 0 Å². The van der Waals surface area contributed by atoms with Crippen LogP contribution in [0.15, 0.2) is 47.2 Å². The minimum Gasteiger partial charge on any atom is -0.475 e. The SMILES string of the molecule is O=C(C=Cc1ccco1)NCC(=O)N1CCOC(COc2ccc(Cl)cn2)C1. The van der Waals surface area contributed by atoms with Gasteiger partial charge in [-0.2, -0.15) is 0 Å². The number of nitrogens with zero attached hydrogens (tertiary/aromatic N) is 2. The molecule has 2 aromatic heterocycles. The van der Waals surface area contributed by atoms with Crippen LogP contribution in [0.2, 0.25) is 5.02 Å². The molecule has 0 aromatic carbocycles. The van der Waals surface area contributed by atoms with Gasteiger partial charge in [0.15, 0.2) is 0 Å². The van der Waals surface area contributed by atoms with Gasteiger partial charge < -0.3 is 24.1 Å². The minimum absolute atomic E-state index is 0.0896. The quantitative estimate of drug-likeness (QED) is 0.705. The van der Waals surface area contributed by atoms with Gasteiger partial charge in [0.05, 0.1) is 31.0 Å². The van der Waals surface area contributed by atoms with Gasteiger partial charge in [-0.1, -0.05) is 11.6 Å². The number of pyridine rings is 1. The largest absolute Gasteiger partial charge is 0.475 e. The Balaban J connectivity index is 1.41. The average Bonchev–Trinajstić information content (AvgIpc) is 3.24. The summed E-state index contributed by atoms with van der Waals surface area (Å²) >= 11 is 5.79. The molecule has 8 nitrogen and oxygen atoms in total. The highest BCUT2D eigenvalue weighted by atomic mass is 35.5. The van der Waals surface area contributed by atoms with E-state index in [2.05, 4.69) is 10.3 Å². The summed E-state index contributed by atoms with van der Waals surface area (Å²) in [5.74, 6) is 0.448. The lowest BCUT2D eigenvalue weighted by Crippen LogP contribution is -2.50. The Bertz CT molecular complexity index is 807. The summed E-state index contributed by atoms with van der Waals surface area (Å²) in [5, 5.41) is 3.09. The van der Waals surface area contributed by atoms with Crippen molar-refractivity contribution in [2.24, 2.45) is 0 Å². The molecule has 1 aliphatic heterocycles. The normalized spacial score (nSPS) is 16.9. The zero-order chi connectivity index (χ0) is 19.8. The van der Waals surface area contributed by atoms with Gasteiger partial charge in [-0.05, 0) is 24.3 Å². The third-order valence-corrected chi connectivity index (χ3v) is 4.19. The molecule has 1 N–H and O–H groups in total. The van der Waals surface area contributed by atoms with Crippen LogP contribution >= 0.6 is 11.6 Å². The first-order valence-corrected chi connectivity index (χ1v) is 9.11. The predicted octanol–water partition coefficient (Wildman–Crippen LogP) is 1.76. The number of hydrogen-bond donors (Lipinski definition) is 1. The Hall–Kier alpha value is -2.84. The van der Waals surface area contributed by atoms with Crippen molar-refractivity contribution in [3.63, 3.8) is 0 Å². The summed E-state index contributed by atoms with van der Waals surface area (Å²) in [6, 6.07) is 6.80. The van der Waals surface area contributed by atoms with E-state index in [-0.39, 0.29) is 31.1 Å². The lowest BCUT2D eigenvalue weighted by molar-refractivity contribution is -0.140. The van der Waals surface area contributed by atoms with Crippen LogP contribution in [0.25, 0.3) is 6.08 Å². The van der Waals surface area contributed by atoms with E-state index in [0.29, 0.717) is 36.4 Å². The number of hydrogen-bond acceptors (Lipinski definition) is 6. The van der Waals surface area contributed by atoms with Crippen molar-refractivity contribution in [2.45, 2.75) is 6.10 Å². The van der Waals surface area contributed by atoms with Gasteiger partial charge in [0, 0.05) is 24.9 Å². The maximum Gasteiger partial charge on any atom is 0.244 e. The number of halogens is 1. The molecule has 1 saturated heterocycles. The van der Waals surface area contributed by atoms with Crippen LogP contribution in [-0.2, 0) is 14.3 Å². The van der Waals surface area contributed by atoms with Crippen LogP contribution < -0.4 is 10.1 Å². The molecule has 148 valence electrons. The van der Waals surface area contributed by atoms with E-state index in [0.717, 1.165) is 0 Å². The lowest BCUT2D eigenvalue weighted by Gasteiger charge is -2.32. The molecule has 3 heterocycles. The second-order valence-corrected chi connectivity index (χ2v) is 6.46. The molecule has 2 aromatic rings. The number of morpholine rings is 1. The van der Waals surface area contributed by atoms with E-state index in [1.165, 1.54) is 24.6 Å². The molecule has 3 rings (SSSR count). The van der Waals surface area contributed by atoms with Crippen LogP contribution in [-0.4, -0.2) is 60.7 Å². The van der Waals surface area contributed by atoms with Crippen molar-refractivity contribution in [1.29, 1.82) is 0 Å². The fourth-order valence-corrected chi connectivity index (χ4v) is 2.66. The minimum atomic E-state index is -0.369. The molecule has 0 saturated carbocycles. The van der Waals surface area contributed by atoms with Gasteiger partial charge in [0.2, 0.25) is 17.7 Å². The molecule has 1 aliphatic rings. The third-order valence-electron chi connectivity index (χ3n) is 3.96. The molecule has 0 bridgehead atoms. The van der Waals surface area contributed by atoms with Crippen molar-refractivity contribution in [1.82, 2.24) is 15.2 Å². The summed E-state index contributed by atoms with van der Waals surface area (Å²) in [5.41, 5.74) is 0. The zero-order valence-corrected chi connectivity index (χ0v) is 15.8. The van der Waals surface area contributed by atoms with Crippen LogP contribution in [0.5, 0.6) is 5.88 Å².